The zero-order valence-corrected chi connectivity index (χ0v) is 9.88. The average molecular weight is 243 g/mol. The van der Waals surface area contributed by atoms with Gasteiger partial charge in [-0.05, 0) is 24.3 Å². The molecule has 1 aromatic carbocycles. The van der Waals surface area contributed by atoms with Crippen molar-refractivity contribution in [1.29, 1.82) is 0 Å². The van der Waals surface area contributed by atoms with Crippen molar-refractivity contribution in [3.05, 3.63) is 58.5 Å². The zero-order valence-electron chi connectivity index (χ0n) is 9.88. The molecular weight excluding hydrogens is 230 g/mol. The number of aromatic nitrogens is 1. The molecule has 0 unspecified atom stereocenters. The van der Waals surface area contributed by atoms with Gasteiger partial charge in [-0.1, -0.05) is 6.07 Å². The maximum atomic E-state index is 12.1. The Balaban J connectivity index is 2.29. The average Bonchev–Trinajstić information content (AvgIpc) is 2.38. The molecule has 0 aliphatic rings. The first-order valence-corrected chi connectivity index (χ1v) is 5.40. The first-order valence-electron chi connectivity index (χ1n) is 5.40. The molecule has 92 valence electrons. The van der Waals surface area contributed by atoms with Gasteiger partial charge >= 0.3 is 0 Å². The van der Waals surface area contributed by atoms with Crippen LogP contribution in [0.2, 0.25) is 0 Å². The van der Waals surface area contributed by atoms with Gasteiger partial charge in [0.1, 0.15) is 0 Å². The van der Waals surface area contributed by atoms with E-state index in [-0.39, 0.29) is 11.5 Å². The van der Waals surface area contributed by atoms with Crippen LogP contribution < -0.4 is 16.2 Å². The second-order valence-corrected chi connectivity index (χ2v) is 3.90. The molecule has 0 bridgehead atoms. The molecule has 1 heterocycles. The van der Waals surface area contributed by atoms with Crippen molar-refractivity contribution in [2.24, 2.45) is 0 Å². The van der Waals surface area contributed by atoms with Crippen LogP contribution in [-0.2, 0) is 0 Å². The highest BCUT2D eigenvalue weighted by molar-refractivity contribution is 6.05. The lowest BCUT2D eigenvalue weighted by Crippen LogP contribution is -2.26. The van der Waals surface area contributed by atoms with E-state index in [9.17, 15) is 9.59 Å². The Labute approximate surface area is 104 Å². The third-order valence-corrected chi connectivity index (χ3v) is 2.59. The lowest BCUT2D eigenvalue weighted by molar-refractivity contribution is 0.0992. The van der Waals surface area contributed by atoms with E-state index in [1.54, 1.807) is 31.3 Å². The molecule has 18 heavy (non-hydrogen) atoms. The number of amides is 1. The predicted octanol–water partition coefficient (Wildman–Crippen LogP) is 1.23. The van der Waals surface area contributed by atoms with Gasteiger partial charge in [-0.15, -0.1) is 0 Å². The highest BCUT2D eigenvalue weighted by Gasteiger charge is 2.13. The Kier molecular flexibility index (Phi) is 3.14. The second-order valence-electron chi connectivity index (χ2n) is 3.90. The molecule has 0 aliphatic carbocycles. The van der Waals surface area contributed by atoms with Gasteiger partial charge in [0.05, 0.1) is 5.56 Å². The van der Waals surface area contributed by atoms with Crippen molar-refractivity contribution >= 4 is 17.3 Å². The summed E-state index contributed by atoms with van der Waals surface area (Å²) in [5.74, 6) is -0.211. The molecule has 0 aliphatic heterocycles. The Morgan fingerprint density at radius 3 is 2.67 bits per heavy atom. The standard InChI is InChI=1S/C13H13N3O2/c1-16(11-4-2-3-10(14)7-11)13(18)9-5-6-12(17)15-8-9/h2-8H,14H2,1H3,(H,15,17). The third-order valence-electron chi connectivity index (χ3n) is 2.59. The molecule has 0 saturated carbocycles. The first-order chi connectivity index (χ1) is 8.58. The van der Waals surface area contributed by atoms with E-state index in [0.717, 1.165) is 0 Å². The van der Waals surface area contributed by atoms with Gasteiger partial charge in [0, 0.05) is 30.7 Å². The molecule has 3 N–H and O–H groups in total. The van der Waals surface area contributed by atoms with Crippen LogP contribution in [-0.4, -0.2) is 17.9 Å². The molecule has 2 rings (SSSR count). The number of nitrogens with one attached hydrogen (secondary N) is 1. The molecule has 5 heteroatoms. The highest BCUT2D eigenvalue weighted by atomic mass is 16.2. The Morgan fingerprint density at radius 1 is 1.28 bits per heavy atom. The van der Waals surface area contributed by atoms with E-state index in [1.165, 1.54) is 23.2 Å². The predicted molar refractivity (Wildman–Crippen MR) is 70.7 cm³/mol. The van der Waals surface area contributed by atoms with E-state index in [4.69, 9.17) is 5.73 Å². The van der Waals surface area contributed by atoms with Crippen LogP contribution in [0.3, 0.4) is 0 Å². The van der Waals surface area contributed by atoms with Crippen molar-refractivity contribution in [3.63, 3.8) is 0 Å². The van der Waals surface area contributed by atoms with E-state index in [2.05, 4.69) is 4.98 Å². The smallest absolute Gasteiger partial charge is 0.259 e. The van der Waals surface area contributed by atoms with Crippen LogP contribution in [0.4, 0.5) is 11.4 Å². The van der Waals surface area contributed by atoms with E-state index < -0.39 is 0 Å². The number of hydrogen-bond acceptors (Lipinski definition) is 3. The fraction of sp³-hybridized carbons (Fsp3) is 0.0769. The second kappa shape index (κ2) is 4.75. The van der Waals surface area contributed by atoms with E-state index in [0.29, 0.717) is 16.9 Å². The van der Waals surface area contributed by atoms with Gasteiger partial charge in [-0.3, -0.25) is 9.59 Å². The first kappa shape index (κ1) is 11.9. The van der Waals surface area contributed by atoms with E-state index in [1.807, 2.05) is 0 Å². The summed E-state index contributed by atoms with van der Waals surface area (Å²) in [7, 11) is 1.65. The quantitative estimate of drug-likeness (QED) is 0.779. The minimum Gasteiger partial charge on any atom is -0.399 e. The summed E-state index contributed by atoms with van der Waals surface area (Å²) in [4.78, 5) is 27.0. The number of rotatable bonds is 2. The summed E-state index contributed by atoms with van der Waals surface area (Å²) >= 11 is 0. The lowest BCUT2D eigenvalue weighted by atomic mass is 10.2. The summed E-state index contributed by atoms with van der Waals surface area (Å²) in [6.45, 7) is 0. The Hall–Kier alpha value is -2.56. The highest BCUT2D eigenvalue weighted by Crippen LogP contribution is 2.17. The third kappa shape index (κ3) is 2.40. The number of hydrogen-bond donors (Lipinski definition) is 2. The van der Waals surface area contributed by atoms with Crippen molar-refractivity contribution in [2.75, 3.05) is 17.7 Å². The summed E-state index contributed by atoms with van der Waals surface area (Å²) in [5.41, 5.74) is 7.14. The summed E-state index contributed by atoms with van der Waals surface area (Å²) in [5, 5.41) is 0. The topological polar surface area (TPSA) is 79.2 Å². The molecule has 1 aromatic heterocycles. The molecule has 0 spiro atoms. The largest absolute Gasteiger partial charge is 0.399 e. The number of benzene rings is 1. The van der Waals surface area contributed by atoms with Crippen molar-refractivity contribution in [1.82, 2.24) is 4.98 Å². The number of carbonyl (C=O) groups excluding carboxylic acids is 1. The Morgan fingerprint density at radius 2 is 2.06 bits per heavy atom. The Bertz CT molecular complexity index is 614. The number of H-pyrrole nitrogens is 1. The van der Waals surface area contributed by atoms with Gasteiger partial charge in [0.2, 0.25) is 5.56 Å². The molecule has 2 aromatic rings. The number of carbonyl (C=O) groups is 1. The number of pyridine rings is 1. The summed E-state index contributed by atoms with van der Waals surface area (Å²) in [6, 6.07) is 9.84. The van der Waals surface area contributed by atoms with Crippen LogP contribution in [0, 0.1) is 0 Å². The molecular formula is C13H13N3O2. The van der Waals surface area contributed by atoms with Crippen LogP contribution >= 0.6 is 0 Å². The van der Waals surface area contributed by atoms with Gasteiger partial charge in [-0.2, -0.15) is 0 Å². The lowest BCUT2D eigenvalue weighted by Gasteiger charge is -2.17. The van der Waals surface area contributed by atoms with E-state index >= 15 is 0 Å². The van der Waals surface area contributed by atoms with Crippen LogP contribution in [0.15, 0.2) is 47.4 Å². The van der Waals surface area contributed by atoms with Crippen molar-refractivity contribution < 1.29 is 4.79 Å². The van der Waals surface area contributed by atoms with Gasteiger partial charge in [0.25, 0.3) is 5.91 Å². The molecule has 0 saturated heterocycles. The van der Waals surface area contributed by atoms with Crippen LogP contribution in [0.25, 0.3) is 0 Å². The van der Waals surface area contributed by atoms with Crippen LogP contribution in [0.1, 0.15) is 10.4 Å². The summed E-state index contributed by atoms with van der Waals surface area (Å²) in [6.07, 6.45) is 1.40. The molecule has 5 nitrogen and oxygen atoms in total. The SMILES string of the molecule is CN(C(=O)c1ccc(=O)[nH]c1)c1cccc(N)c1. The van der Waals surface area contributed by atoms with Gasteiger partial charge in [0.15, 0.2) is 0 Å². The number of aromatic amines is 1. The number of nitrogens with two attached hydrogens (primary N) is 1. The van der Waals surface area contributed by atoms with Crippen molar-refractivity contribution in [2.45, 2.75) is 0 Å². The fourth-order valence-corrected chi connectivity index (χ4v) is 1.59. The monoisotopic (exact) mass is 243 g/mol. The molecule has 0 fully saturated rings. The van der Waals surface area contributed by atoms with Gasteiger partial charge in [-0.25, -0.2) is 0 Å². The molecule has 0 radical (unpaired) electrons. The zero-order chi connectivity index (χ0) is 13.1. The summed E-state index contributed by atoms with van der Waals surface area (Å²) < 4.78 is 0. The fourth-order valence-electron chi connectivity index (χ4n) is 1.59. The number of nitrogens with zero attached hydrogens (tertiary/aromatic N) is 1. The molecule has 0 atom stereocenters. The maximum Gasteiger partial charge on any atom is 0.259 e. The normalized spacial score (nSPS) is 10.1. The van der Waals surface area contributed by atoms with Crippen molar-refractivity contribution in [3.8, 4) is 0 Å². The minimum absolute atomic E-state index is 0.211. The minimum atomic E-state index is -0.238. The van der Waals surface area contributed by atoms with Crippen LogP contribution in [0.5, 0.6) is 0 Å². The number of nitrogen functional groups attached to an aromatic ring is 1. The molecule has 1 amide bonds. The number of anilines is 2. The maximum absolute atomic E-state index is 12.1. The van der Waals surface area contributed by atoms with Gasteiger partial charge < -0.3 is 15.6 Å².